The molecule has 0 saturated heterocycles. The maximum absolute atomic E-state index is 12.3. The number of anilines is 2. The fraction of sp³-hybridized carbons (Fsp3) is 0.235. The topological polar surface area (TPSA) is 66.5 Å². The van der Waals surface area contributed by atoms with Crippen LogP contribution in [-0.4, -0.2) is 27.6 Å². The monoisotopic (exact) mass is 332 g/mol. The van der Waals surface area contributed by atoms with Crippen molar-refractivity contribution in [2.45, 2.75) is 13.3 Å². The first-order valence-electron chi connectivity index (χ1n) is 7.25. The van der Waals surface area contributed by atoms with E-state index >= 15 is 0 Å². The highest BCUT2D eigenvalue weighted by molar-refractivity contribution is 7.92. The zero-order valence-electron chi connectivity index (χ0n) is 13.4. The molecule has 0 fully saturated rings. The Bertz CT molecular complexity index is 799. The summed E-state index contributed by atoms with van der Waals surface area (Å²) in [6, 6.07) is 14.1. The van der Waals surface area contributed by atoms with Gasteiger partial charge < -0.3 is 5.32 Å². The molecule has 0 aliphatic carbocycles. The van der Waals surface area contributed by atoms with Crippen LogP contribution < -0.4 is 9.62 Å². The van der Waals surface area contributed by atoms with Crippen molar-refractivity contribution in [3.05, 3.63) is 59.7 Å². The highest BCUT2D eigenvalue weighted by atomic mass is 32.2. The maximum Gasteiger partial charge on any atom is 0.255 e. The van der Waals surface area contributed by atoms with Crippen LogP contribution in [0.1, 0.15) is 22.8 Å². The van der Waals surface area contributed by atoms with Gasteiger partial charge in [-0.1, -0.05) is 25.1 Å². The van der Waals surface area contributed by atoms with Gasteiger partial charge in [-0.25, -0.2) is 8.42 Å². The SMILES string of the molecule is CCc1ccc(NC(=O)c2cccc(N(C)S(C)(=O)=O)c2)cc1. The Morgan fingerprint density at radius 2 is 1.78 bits per heavy atom. The number of carbonyl (C=O) groups is 1. The van der Waals surface area contributed by atoms with Crippen molar-refractivity contribution in [3.8, 4) is 0 Å². The van der Waals surface area contributed by atoms with Crippen LogP contribution in [0, 0.1) is 0 Å². The van der Waals surface area contributed by atoms with E-state index in [1.54, 1.807) is 24.3 Å². The summed E-state index contributed by atoms with van der Waals surface area (Å²) in [5.41, 5.74) is 2.74. The first-order chi connectivity index (χ1) is 10.8. The van der Waals surface area contributed by atoms with Crippen molar-refractivity contribution in [2.75, 3.05) is 22.9 Å². The molecule has 0 spiro atoms. The summed E-state index contributed by atoms with van der Waals surface area (Å²) in [5.74, 6) is -0.280. The Morgan fingerprint density at radius 1 is 1.13 bits per heavy atom. The number of carbonyl (C=O) groups excluding carboxylic acids is 1. The van der Waals surface area contributed by atoms with Crippen LogP contribution in [0.5, 0.6) is 0 Å². The van der Waals surface area contributed by atoms with Crippen molar-refractivity contribution < 1.29 is 13.2 Å². The summed E-state index contributed by atoms with van der Waals surface area (Å²) in [7, 11) is -1.91. The van der Waals surface area contributed by atoms with Gasteiger partial charge in [0.25, 0.3) is 5.91 Å². The van der Waals surface area contributed by atoms with Gasteiger partial charge in [0.15, 0.2) is 0 Å². The third-order valence-corrected chi connectivity index (χ3v) is 4.80. The molecule has 2 rings (SSSR count). The Labute approximate surface area is 137 Å². The first kappa shape index (κ1) is 17.0. The number of benzene rings is 2. The molecule has 23 heavy (non-hydrogen) atoms. The second kappa shape index (κ2) is 6.83. The number of aryl methyl sites for hydroxylation is 1. The lowest BCUT2D eigenvalue weighted by Gasteiger charge is -2.17. The van der Waals surface area contributed by atoms with Gasteiger partial charge in [-0.3, -0.25) is 9.10 Å². The second-order valence-corrected chi connectivity index (χ2v) is 7.30. The highest BCUT2D eigenvalue weighted by Gasteiger charge is 2.14. The number of sulfonamides is 1. The van der Waals surface area contributed by atoms with Crippen molar-refractivity contribution >= 4 is 27.3 Å². The normalized spacial score (nSPS) is 11.1. The molecular formula is C17H20N2O3S. The van der Waals surface area contributed by atoms with E-state index in [4.69, 9.17) is 0 Å². The second-order valence-electron chi connectivity index (χ2n) is 5.29. The van der Waals surface area contributed by atoms with Crippen molar-refractivity contribution in [1.29, 1.82) is 0 Å². The van der Waals surface area contributed by atoms with E-state index in [0.717, 1.165) is 17.0 Å². The summed E-state index contributed by atoms with van der Waals surface area (Å²) >= 11 is 0. The highest BCUT2D eigenvalue weighted by Crippen LogP contribution is 2.18. The van der Waals surface area contributed by atoms with Crippen LogP contribution in [0.3, 0.4) is 0 Å². The molecule has 1 amide bonds. The Hall–Kier alpha value is -2.34. The summed E-state index contributed by atoms with van der Waals surface area (Å²) < 4.78 is 24.3. The molecule has 6 heteroatoms. The lowest BCUT2D eigenvalue weighted by Crippen LogP contribution is -2.25. The van der Waals surface area contributed by atoms with E-state index in [2.05, 4.69) is 12.2 Å². The maximum atomic E-state index is 12.3. The third kappa shape index (κ3) is 4.32. The van der Waals surface area contributed by atoms with Gasteiger partial charge in [-0.15, -0.1) is 0 Å². The van der Waals surface area contributed by atoms with E-state index < -0.39 is 10.0 Å². The molecule has 2 aromatic rings. The van der Waals surface area contributed by atoms with E-state index in [0.29, 0.717) is 16.9 Å². The number of nitrogens with zero attached hydrogens (tertiary/aromatic N) is 1. The predicted octanol–water partition coefficient (Wildman–Crippen LogP) is 2.90. The zero-order chi connectivity index (χ0) is 17.0. The molecule has 5 nitrogen and oxygen atoms in total. The van der Waals surface area contributed by atoms with Crippen molar-refractivity contribution in [2.24, 2.45) is 0 Å². The minimum Gasteiger partial charge on any atom is -0.322 e. The summed E-state index contributed by atoms with van der Waals surface area (Å²) in [6.45, 7) is 2.07. The molecule has 0 heterocycles. The molecule has 0 aromatic heterocycles. The Kier molecular flexibility index (Phi) is 5.05. The molecule has 0 aliphatic heterocycles. The number of hydrogen-bond donors (Lipinski definition) is 1. The minimum atomic E-state index is -3.36. The summed E-state index contributed by atoms with van der Waals surface area (Å²) in [4.78, 5) is 12.3. The molecule has 0 bridgehead atoms. The fourth-order valence-electron chi connectivity index (χ4n) is 2.06. The minimum absolute atomic E-state index is 0.280. The Morgan fingerprint density at radius 3 is 2.35 bits per heavy atom. The van der Waals surface area contributed by atoms with Crippen LogP contribution in [0.25, 0.3) is 0 Å². The molecular weight excluding hydrogens is 312 g/mol. The van der Waals surface area contributed by atoms with E-state index in [-0.39, 0.29) is 5.91 Å². The van der Waals surface area contributed by atoms with Gasteiger partial charge >= 0.3 is 0 Å². The number of nitrogens with one attached hydrogen (secondary N) is 1. The fourth-order valence-corrected chi connectivity index (χ4v) is 2.56. The van der Waals surface area contributed by atoms with Crippen LogP contribution in [0.4, 0.5) is 11.4 Å². The van der Waals surface area contributed by atoms with Gasteiger partial charge in [-0.05, 0) is 42.3 Å². The van der Waals surface area contributed by atoms with Crippen LogP contribution in [-0.2, 0) is 16.4 Å². The molecule has 122 valence electrons. The smallest absolute Gasteiger partial charge is 0.255 e. The van der Waals surface area contributed by atoms with Gasteiger partial charge in [-0.2, -0.15) is 0 Å². The number of hydrogen-bond acceptors (Lipinski definition) is 3. The number of amides is 1. The molecule has 1 N–H and O–H groups in total. The quantitative estimate of drug-likeness (QED) is 0.915. The third-order valence-electron chi connectivity index (χ3n) is 3.59. The molecule has 0 atom stereocenters. The lowest BCUT2D eigenvalue weighted by molar-refractivity contribution is 0.102. The standard InChI is InChI=1S/C17H20N2O3S/c1-4-13-8-10-15(11-9-13)18-17(20)14-6-5-7-16(12-14)19(2)23(3,21)22/h5-12H,4H2,1-3H3,(H,18,20). The van der Waals surface area contributed by atoms with E-state index in [1.165, 1.54) is 12.6 Å². The van der Waals surface area contributed by atoms with E-state index in [1.807, 2.05) is 24.3 Å². The zero-order valence-corrected chi connectivity index (χ0v) is 14.2. The van der Waals surface area contributed by atoms with Gasteiger partial charge in [0.1, 0.15) is 0 Å². The largest absolute Gasteiger partial charge is 0.322 e. The molecule has 0 radical (unpaired) electrons. The lowest BCUT2D eigenvalue weighted by atomic mass is 10.1. The average Bonchev–Trinajstić information content (AvgIpc) is 2.54. The van der Waals surface area contributed by atoms with Gasteiger partial charge in [0.2, 0.25) is 10.0 Å². The molecule has 2 aromatic carbocycles. The average molecular weight is 332 g/mol. The molecule has 0 saturated carbocycles. The van der Waals surface area contributed by atoms with Crippen molar-refractivity contribution in [1.82, 2.24) is 0 Å². The van der Waals surface area contributed by atoms with Crippen molar-refractivity contribution in [3.63, 3.8) is 0 Å². The molecule has 0 unspecified atom stereocenters. The Balaban J connectivity index is 2.19. The molecule has 0 aliphatic rings. The van der Waals surface area contributed by atoms with Crippen LogP contribution >= 0.6 is 0 Å². The first-order valence-corrected chi connectivity index (χ1v) is 9.10. The van der Waals surface area contributed by atoms with Gasteiger partial charge in [0.05, 0.1) is 11.9 Å². The van der Waals surface area contributed by atoms with Gasteiger partial charge in [0, 0.05) is 18.3 Å². The van der Waals surface area contributed by atoms with E-state index in [9.17, 15) is 13.2 Å². The summed E-state index contributed by atoms with van der Waals surface area (Å²) in [6.07, 6.45) is 2.06. The van der Waals surface area contributed by atoms with Crippen LogP contribution in [0.15, 0.2) is 48.5 Å². The van der Waals surface area contributed by atoms with Crippen LogP contribution in [0.2, 0.25) is 0 Å². The number of rotatable bonds is 5. The summed E-state index contributed by atoms with van der Waals surface area (Å²) in [5, 5.41) is 2.81. The predicted molar refractivity (Wildman–Crippen MR) is 93.5 cm³/mol.